The Morgan fingerprint density at radius 3 is 2.87 bits per heavy atom. The lowest BCUT2D eigenvalue weighted by Gasteiger charge is -2.05. The standard InChI is InChI=1S/C8H8FN3O3/c9-5-1-2-6(12(13)14)7(3-5)15-4-8(10)11/h1-3H,4H2,(H3,10,11). The molecule has 0 fully saturated rings. The molecule has 7 heteroatoms. The molecule has 0 aliphatic rings. The average Bonchev–Trinajstić information content (AvgIpc) is 2.14. The highest BCUT2D eigenvalue weighted by molar-refractivity contribution is 5.78. The van der Waals surface area contributed by atoms with Crippen molar-refractivity contribution in [3.05, 3.63) is 34.1 Å². The number of amidine groups is 1. The molecule has 0 aromatic heterocycles. The van der Waals surface area contributed by atoms with Crippen molar-refractivity contribution in [3.8, 4) is 5.75 Å². The van der Waals surface area contributed by atoms with Crippen LogP contribution in [-0.4, -0.2) is 17.4 Å². The summed E-state index contributed by atoms with van der Waals surface area (Å²) in [4.78, 5) is 9.80. The first-order chi connectivity index (χ1) is 7.00. The van der Waals surface area contributed by atoms with Gasteiger partial charge in [-0.3, -0.25) is 15.5 Å². The van der Waals surface area contributed by atoms with Gasteiger partial charge in [0.1, 0.15) is 18.3 Å². The second kappa shape index (κ2) is 4.36. The van der Waals surface area contributed by atoms with Gasteiger partial charge in [0.15, 0.2) is 5.75 Å². The number of nitrogens with zero attached hydrogens (tertiary/aromatic N) is 1. The largest absolute Gasteiger partial charge is 0.479 e. The first kappa shape index (κ1) is 10.9. The summed E-state index contributed by atoms with van der Waals surface area (Å²) < 4.78 is 17.6. The zero-order valence-electron chi connectivity index (χ0n) is 7.57. The first-order valence-electron chi connectivity index (χ1n) is 3.90. The number of hydrogen-bond donors (Lipinski definition) is 2. The summed E-state index contributed by atoms with van der Waals surface area (Å²) in [5.74, 6) is -1.19. The van der Waals surface area contributed by atoms with E-state index in [9.17, 15) is 14.5 Å². The second-order valence-corrected chi connectivity index (χ2v) is 2.68. The molecule has 0 aliphatic carbocycles. The fourth-order valence-corrected chi connectivity index (χ4v) is 0.910. The van der Waals surface area contributed by atoms with Gasteiger partial charge < -0.3 is 10.5 Å². The lowest BCUT2D eigenvalue weighted by molar-refractivity contribution is -0.385. The van der Waals surface area contributed by atoms with E-state index >= 15 is 0 Å². The lowest BCUT2D eigenvalue weighted by atomic mass is 10.3. The molecule has 0 spiro atoms. The van der Waals surface area contributed by atoms with Crippen molar-refractivity contribution in [3.63, 3.8) is 0 Å². The monoisotopic (exact) mass is 213 g/mol. The number of nitrogens with one attached hydrogen (secondary N) is 1. The van der Waals surface area contributed by atoms with Gasteiger partial charge in [-0.2, -0.15) is 0 Å². The number of nitro benzene ring substituents is 1. The van der Waals surface area contributed by atoms with Gasteiger partial charge in [0.05, 0.1) is 4.92 Å². The van der Waals surface area contributed by atoms with E-state index in [-0.39, 0.29) is 23.9 Å². The molecule has 0 bridgehead atoms. The first-order valence-corrected chi connectivity index (χ1v) is 3.90. The fraction of sp³-hybridized carbons (Fsp3) is 0.125. The van der Waals surface area contributed by atoms with Crippen LogP contribution in [0.4, 0.5) is 10.1 Å². The number of hydrogen-bond acceptors (Lipinski definition) is 4. The van der Waals surface area contributed by atoms with Crippen molar-refractivity contribution in [2.45, 2.75) is 0 Å². The van der Waals surface area contributed by atoms with E-state index in [1.54, 1.807) is 0 Å². The molecule has 15 heavy (non-hydrogen) atoms. The van der Waals surface area contributed by atoms with Gasteiger partial charge in [-0.1, -0.05) is 0 Å². The maximum atomic E-state index is 12.7. The minimum Gasteiger partial charge on any atom is -0.479 e. The Labute approximate surface area is 84.1 Å². The van der Waals surface area contributed by atoms with Crippen molar-refractivity contribution in [1.29, 1.82) is 5.41 Å². The van der Waals surface area contributed by atoms with Gasteiger partial charge in [-0.25, -0.2) is 4.39 Å². The van der Waals surface area contributed by atoms with Gasteiger partial charge in [0.25, 0.3) is 0 Å². The van der Waals surface area contributed by atoms with Crippen LogP contribution in [0, 0.1) is 21.3 Å². The normalized spacial score (nSPS) is 9.67. The number of nitro groups is 1. The smallest absolute Gasteiger partial charge is 0.311 e. The molecule has 80 valence electrons. The third kappa shape index (κ3) is 2.90. The molecule has 1 aromatic carbocycles. The topological polar surface area (TPSA) is 102 Å². The van der Waals surface area contributed by atoms with Crippen LogP contribution < -0.4 is 10.5 Å². The molecule has 1 aromatic rings. The molecule has 0 saturated carbocycles. The Morgan fingerprint density at radius 1 is 1.67 bits per heavy atom. The zero-order chi connectivity index (χ0) is 11.4. The predicted molar refractivity (Wildman–Crippen MR) is 50.5 cm³/mol. The number of rotatable bonds is 4. The molecule has 1 rings (SSSR count). The summed E-state index contributed by atoms with van der Waals surface area (Å²) in [6.45, 7) is -0.315. The highest BCUT2D eigenvalue weighted by Crippen LogP contribution is 2.27. The van der Waals surface area contributed by atoms with Gasteiger partial charge in [0.2, 0.25) is 0 Å². The third-order valence-corrected chi connectivity index (χ3v) is 1.50. The predicted octanol–water partition coefficient (Wildman–Crippen LogP) is 1.05. The summed E-state index contributed by atoms with van der Waals surface area (Å²) in [5, 5.41) is 17.4. The lowest BCUT2D eigenvalue weighted by Crippen LogP contribution is -2.19. The highest BCUT2D eigenvalue weighted by Gasteiger charge is 2.15. The second-order valence-electron chi connectivity index (χ2n) is 2.68. The van der Waals surface area contributed by atoms with Crippen LogP contribution in [0.2, 0.25) is 0 Å². The Morgan fingerprint density at radius 2 is 2.33 bits per heavy atom. The Bertz CT molecular complexity index is 408. The fourth-order valence-electron chi connectivity index (χ4n) is 0.910. The molecule has 0 radical (unpaired) electrons. The average molecular weight is 213 g/mol. The number of ether oxygens (including phenoxy) is 1. The van der Waals surface area contributed by atoms with Crippen LogP contribution >= 0.6 is 0 Å². The molecular weight excluding hydrogens is 205 g/mol. The molecule has 0 heterocycles. The van der Waals surface area contributed by atoms with Crippen LogP contribution in [0.5, 0.6) is 5.75 Å². The molecular formula is C8H8FN3O3. The van der Waals surface area contributed by atoms with E-state index in [2.05, 4.69) is 0 Å². The molecule has 0 unspecified atom stereocenters. The van der Waals surface area contributed by atoms with E-state index in [1.807, 2.05) is 0 Å². The van der Waals surface area contributed by atoms with Crippen LogP contribution in [0.25, 0.3) is 0 Å². The maximum absolute atomic E-state index is 12.7. The summed E-state index contributed by atoms with van der Waals surface area (Å²) in [6, 6.07) is 2.82. The van der Waals surface area contributed by atoms with Crippen molar-refractivity contribution in [2.75, 3.05) is 6.61 Å². The number of nitrogens with two attached hydrogens (primary N) is 1. The Hall–Kier alpha value is -2.18. The molecule has 0 amide bonds. The Kier molecular flexibility index (Phi) is 3.17. The highest BCUT2D eigenvalue weighted by atomic mass is 19.1. The van der Waals surface area contributed by atoms with Gasteiger partial charge in [-0.15, -0.1) is 0 Å². The van der Waals surface area contributed by atoms with Gasteiger partial charge >= 0.3 is 5.69 Å². The van der Waals surface area contributed by atoms with Crippen molar-refractivity contribution < 1.29 is 14.1 Å². The minimum absolute atomic E-state index is 0.241. The summed E-state index contributed by atoms with van der Waals surface area (Å²) in [5.41, 5.74) is 4.64. The maximum Gasteiger partial charge on any atom is 0.311 e. The van der Waals surface area contributed by atoms with Crippen LogP contribution in [0.15, 0.2) is 18.2 Å². The van der Waals surface area contributed by atoms with Crippen molar-refractivity contribution in [2.24, 2.45) is 5.73 Å². The molecule has 6 nitrogen and oxygen atoms in total. The van der Waals surface area contributed by atoms with E-state index < -0.39 is 10.7 Å². The minimum atomic E-state index is -0.699. The summed E-state index contributed by atoms with van der Waals surface area (Å²) >= 11 is 0. The van der Waals surface area contributed by atoms with E-state index in [1.165, 1.54) is 0 Å². The third-order valence-electron chi connectivity index (χ3n) is 1.50. The van der Waals surface area contributed by atoms with Crippen LogP contribution in [0.1, 0.15) is 0 Å². The molecule has 0 atom stereocenters. The van der Waals surface area contributed by atoms with Gasteiger partial charge in [0, 0.05) is 12.1 Å². The van der Waals surface area contributed by atoms with Crippen molar-refractivity contribution in [1.82, 2.24) is 0 Å². The van der Waals surface area contributed by atoms with Crippen LogP contribution in [-0.2, 0) is 0 Å². The molecule has 0 saturated heterocycles. The van der Waals surface area contributed by atoms with Crippen molar-refractivity contribution >= 4 is 11.5 Å². The van der Waals surface area contributed by atoms with E-state index in [0.717, 1.165) is 18.2 Å². The van der Waals surface area contributed by atoms with Gasteiger partial charge in [-0.05, 0) is 6.07 Å². The zero-order valence-corrected chi connectivity index (χ0v) is 7.57. The molecule has 3 N–H and O–H groups in total. The number of halogens is 1. The number of benzene rings is 1. The quantitative estimate of drug-likeness (QED) is 0.337. The van der Waals surface area contributed by atoms with E-state index in [4.69, 9.17) is 15.9 Å². The van der Waals surface area contributed by atoms with E-state index in [0.29, 0.717) is 0 Å². The summed E-state index contributed by atoms with van der Waals surface area (Å²) in [7, 11) is 0. The molecule has 0 aliphatic heterocycles. The summed E-state index contributed by atoms with van der Waals surface area (Å²) in [6.07, 6.45) is 0. The van der Waals surface area contributed by atoms with Crippen LogP contribution in [0.3, 0.4) is 0 Å². The Balaban J connectivity index is 2.96. The SMILES string of the molecule is N=C(N)COc1cc(F)ccc1[N+](=O)[O-].